The molecule has 0 saturated carbocycles. The Labute approximate surface area is 237 Å². The van der Waals surface area contributed by atoms with Gasteiger partial charge in [0.25, 0.3) is 5.91 Å². The van der Waals surface area contributed by atoms with Crippen molar-refractivity contribution in [3.63, 3.8) is 0 Å². The van der Waals surface area contributed by atoms with Crippen molar-refractivity contribution >= 4 is 23.2 Å². The summed E-state index contributed by atoms with van der Waals surface area (Å²) >= 11 is 0. The highest BCUT2D eigenvalue weighted by molar-refractivity contribution is 6.05. The third-order valence-electron chi connectivity index (χ3n) is 8.74. The SMILES string of the molecule is O=C1CCC(N2Cc3cc(C4(O)CCN(Cc5ccc6cc(-c7ccccc7)nn6c5)CC4)ccc3C2=O)C(=O)N1. The molecule has 2 aromatic heterocycles. The lowest BCUT2D eigenvalue weighted by molar-refractivity contribution is -0.136. The molecule has 7 rings (SSSR count). The zero-order chi connectivity index (χ0) is 28.1. The predicted molar refractivity (Wildman–Crippen MR) is 152 cm³/mol. The Bertz CT molecular complexity index is 1670. The van der Waals surface area contributed by atoms with Crippen LogP contribution < -0.4 is 5.32 Å². The van der Waals surface area contributed by atoms with Gasteiger partial charge >= 0.3 is 0 Å². The number of piperidine rings is 2. The zero-order valence-electron chi connectivity index (χ0n) is 22.6. The van der Waals surface area contributed by atoms with Gasteiger partial charge in [-0.2, -0.15) is 5.10 Å². The lowest BCUT2D eigenvalue weighted by Crippen LogP contribution is -2.52. The number of pyridine rings is 1. The number of nitrogens with one attached hydrogen (secondary N) is 1. The fourth-order valence-electron chi connectivity index (χ4n) is 6.36. The first-order valence-corrected chi connectivity index (χ1v) is 14.1. The molecule has 0 radical (unpaired) electrons. The predicted octanol–water partition coefficient (Wildman–Crippen LogP) is 3.25. The van der Waals surface area contributed by atoms with Crippen molar-refractivity contribution in [1.82, 2.24) is 24.7 Å². The number of nitrogens with zero attached hydrogens (tertiary/aromatic N) is 4. The van der Waals surface area contributed by atoms with Crippen LogP contribution in [-0.2, 0) is 28.3 Å². The molecular formula is C32H31N5O4. The second-order valence-corrected chi connectivity index (χ2v) is 11.4. The van der Waals surface area contributed by atoms with Crippen LogP contribution in [0.25, 0.3) is 16.8 Å². The number of carbonyl (C=O) groups excluding carboxylic acids is 3. The Morgan fingerprint density at radius 3 is 2.56 bits per heavy atom. The lowest BCUT2D eigenvalue weighted by atomic mass is 9.83. The molecule has 9 heteroatoms. The van der Waals surface area contributed by atoms with Gasteiger partial charge in [-0.3, -0.25) is 24.6 Å². The number of hydrogen-bond acceptors (Lipinski definition) is 6. The summed E-state index contributed by atoms with van der Waals surface area (Å²) in [6, 6.07) is 21.4. The van der Waals surface area contributed by atoms with Crippen LogP contribution in [0.4, 0.5) is 0 Å². The first kappa shape index (κ1) is 25.6. The minimum Gasteiger partial charge on any atom is -0.385 e. The normalized spacial score (nSPS) is 20.9. The maximum absolute atomic E-state index is 13.0. The van der Waals surface area contributed by atoms with Crippen molar-refractivity contribution in [3.05, 3.63) is 95.2 Å². The van der Waals surface area contributed by atoms with E-state index in [-0.39, 0.29) is 18.2 Å². The molecule has 208 valence electrons. The summed E-state index contributed by atoms with van der Waals surface area (Å²) in [5.74, 6) is -0.921. The highest BCUT2D eigenvalue weighted by Crippen LogP contribution is 2.37. The summed E-state index contributed by atoms with van der Waals surface area (Å²) in [5.41, 5.74) is 5.45. The van der Waals surface area contributed by atoms with Gasteiger partial charge in [0.2, 0.25) is 11.8 Å². The van der Waals surface area contributed by atoms with Crippen molar-refractivity contribution in [2.24, 2.45) is 0 Å². The molecule has 2 fully saturated rings. The average molecular weight is 550 g/mol. The number of hydrogen-bond donors (Lipinski definition) is 2. The van der Waals surface area contributed by atoms with E-state index in [9.17, 15) is 19.5 Å². The third kappa shape index (κ3) is 4.71. The molecule has 0 aliphatic carbocycles. The first-order valence-electron chi connectivity index (χ1n) is 14.1. The van der Waals surface area contributed by atoms with Gasteiger partial charge in [0.15, 0.2) is 0 Å². The fraction of sp³-hybridized carbons (Fsp3) is 0.312. The molecule has 4 aromatic rings. The fourth-order valence-corrected chi connectivity index (χ4v) is 6.36. The van der Waals surface area contributed by atoms with Crippen molar-refractivity contribution in [2.45, 2.75) is 50.4 Å². The van der Waals surface area contributed by atoms with Gasteiger partial charge in [-0.05, 0) is 54.2 Å². The summed E-state index contributed by atoms with van der Waals surface area (Å²) in [6.45, 7) is 2.55. The molecule has 5 heterocycles. The summed E-state index contributed by atoms with van der Waals surface area (Å²) in [7, 11) is 0. The van der Waals surface area contributed by atoms with E-state index in [1.54, 1.807) is 11.0 Å². The molecule has 1 atom stereocenters. The summed E-state index contributed by atoms with van der Waals surface area (Å²) in [6.07, 6.45) is 3.80. The highest BCUT2D eigenvalue weighted by atomic mass is 16.3. The number of imide groups is 1. The number of aromatic nitrogens is 2. The maximum atomic E-state index is 13.0. The summed E-state index contributed by atoms with van der Waals surface area (Å²) < 4.78 is 1.93. The van der Waals surface area contributed by atoms with E-state index in [2.05, 4.69) is 46.7 Å². The molecule has 0 bridgehead atoms. The number of aliphatic hydroxyl groups is 1. The minimum atomic E-state index is -0.979. The van der Waals surface area contributed by atoms with Crippen LogP contribution >= 0.6 is 0 Å². The van der Waals surface area contributed by atoms with Crippen molar-refractivity contribution in [3.8, 4) is 11.3 Å². The number of carbonyl (C=O) groups is 3. The van der Waals surface area contributed by atoms with E-state index in [0.29, 0.717) is 31.4 Å². The second kappa shape index (κ2) is 9.94. The molecule has 2 N–H and O–H groups in total. The topological polar surface area (TPSA) is 107 Å². The maximum Gasteiger partial charge on any atom is 0.255 e. The Balaban J connectivity index is 1.01. The highest BCUT2D eigenvalue weighted by Gasteiger charge is 2.40. The molecule has 41 heavy (non-hydrogen) atoms. The van der Waals surface area contributed by atoms with E-state index < -0.39 is 17.6 Å². The Hall–Kier alpha value is -4.34. The van der Waals surface area contributed by atoms with Crippen LogP contribution in [0.1, 0.15) is 52.7 Å². The molecule has 3 aliphatic heterocycles. The Morgan fingerprint density at radius 2 is 1.78 bits per heavy atom. The molecular weight excluding hydrogens is 518 g/mol. The van der Waals surface area contributed by atoms with Crippen LogP contribution in [0.5, 0.6) is 0 Å². The van der Waals surface area contributed by atoms with Gasteiger partial charge in [-0.15, -0.1) is 0 Å². The van der Waals surface area contributed by atoms with E-state index in [0.717, 1.165) is 53.1 Å². The van der Waals surface area contributed by atoms with Crippen LogP contribution in [-0.4, -0.2) is 61.4 Å². The Morgan fingerprint density at radius 1 is 0.976 bits per heavy atom. The number of benzene rings is 2. The van der Waals surface area contributed by atoms with Crippen molar-refractivity contribution in [1.29, 1.82) is 0 Å². The summed E-state index contributed by atoms with van der Waals surface area (Å²) in [4.78, 5) is 40.8. The molecule has 0 spiro atoms. The number of likely N-dealkylation sites (tertiary alicyclic amines) is 1. The quantitative estimate of drug-likeness (QED) is 0.370. The molecule has 3 aliphatic rings. The third-order valence-corrected chi connectivity index (χ3v) is 8.74. The lowest BCUT2D eigenvalue weighted by Gasteiger charge is -2.38. The molecule has 2 saturated heterocycles. The number of rotatable bonds is 5. The van der Waals surface area contributed by atoms with Crippen LogP contribution in [0, 0.1) is 0 Å². The van der Waals surface area contributed by atoms with Gasteiger partial charge in [0, 0.05) is 49.9 Å². The van der Waals surface area contributed by atoms with Gasteiger partial charge in [0.05, 0.1) is 16.8 Å². The van der Waals surface area contributed by atoms with Gasteiger partial charge in [0.1, 0.15) is 6.04 Å². The second-order valence-electron chi connectivity index (χ2n) is 11.4. The van der Waals surface area contributed by atoms with Crippen LogP contribution in [0.2, 0.25) is 0 Å². The number of amides is 3. The monoisotopic (exact) mass is 549 g/mol. The van der Waals surface area contributed by atoms with Gasteiger partial charge < -0.3 is 10.0 Å². The Kier molecular flexibility index (Phi) is 6.21. The molecule has 1 unspecified atom stereocenters. The minimum absolute atomic E-state index is 0.201. The van der Waals surface area contributed by atoms with E-state index in [1.165, 1.54) is 0 Å². The van der Waals surface area contributed by atoms with E-state index in [1.807, 2.05) is 34.8 Å². The van der Waals surface area contributed by atoms with Crippen molar-refractivity contribution < 1.29 is 19.5 Å². The summed E-state index contributed by atoms with van der Waals surface area (Å²) in [5, 5.41) is 18.7. The number of fused-ring (bicyclic) bond motifs is 2. The standard InChI is InChI=1S/C32H31N5O4/c38-29-11-10-28(30(39)33-29)36-20-23-16-24(7-9-26(23)31(36)40)32(41)12-14-35(15-13-32)18-21-6-8-25-17-27(34-37(25)19-21)22-4-2-1-3-5-22/h1-9,16-17,19,28,41H,10-15,18,20H2,(H,33,38,39). The zero-order valence-corrected chi connectivity index (χ0v) is 22.6. The first-order chi connectivity index (χ1) is 19.9. The van der Waals surface area contributed by atoms with Gasteiger partial charge in [-0.25, -0.2) is 4.52 Å². The average Bonchev–Trinajstić information content (AvgIpc) is 3.55. The van der Waals surface area contributed by atoms with E-state index in [4.69, 9.17) is 5.10 Å². The largest absolute Gasteiger partial charge is 0.385 e. The molecule has 2 aromatic carbocycles. The van der Waals surface area contributed by atoms with Crippen LogP contribution in [0.15, 0.2) is 72.9 Å². The van der Waals surface area contributed by atoms with E-state index >= 15 is 0 Å². The van der Waals surface area contributed by atoms with Crippen molar-refractivity contribution in [2.75, 3.05) is 13.1 Å². The molecule has 3 amide bonds. The van der Waals surface area contributed by atoms with Gasteiger partial charge in [-0.1, -0.05) is 48.5 Å². The molecule has 9 nitrogen and oxygen atoms in total. The van der Waals surface area contributed by atoms with Crippen LogP contribution in [0.3, 0.4) is 0 Å². The smallest absolute Gasteiger partial charge is 0.255 e.